The predicted octanol–water partition coefficient (Wildman–Crippen LogP) is 3.38. The van der Waals surface area contributed by atoms with Gasteiger partial charge in [0.15, 0.2) is 0 Å². The van der Waals surface area contributed by atoms with Gasteiger partial charge in [-0.15, -0.1) is 0 Å². The smallest absolute Gasteiger partial charge is 0.321 e. The van der Waals surface area contributed by atoms with Crippen LogP contribution in [0.2, 0.25) is 0 Å². The Balaban J connectivity index is 1.94. The number of piperidine rings is 1. The number of carbonyl (C=O) groups excluding carboxylic acids is 1. The molecular formula is C15H21BrN2O2. The topological polar surface area (TPSA) is 52.6 Å². The molecule has 0 spiro atoms. The molecule has 1 unspecified atom stereocenters. The van der Waals surface area contributed by atoms with Crippen LogP contribution in [0.25, 0.3) is 0 Å². The molecule has 0 saturated carbocycles. The zero-order valence-corrected chi connectivity index (χ0v) is 13.5. The molecule has 5 heteroatoms. The number of aliphatic hydroxyl groups excluding tert-OH is 1. The number of carbonyl (C=O) groups is 1. The summed E-state index contributed by atoms with van der Waals surface area (Å²) in [7, 11) is 0. The molecule has 1 aromatic carbocycles. The Bertz CT molecular complexity index is 483. The molecule has 0 aliphatic carbocycles. The van der Waals surface area contributed by atoms with E-state index in [9.17, 15) is 9.90 Å². The summed E-state index contributed by atoms with van der Waals surface area (Å²) >= 11 is 3.41. The largest absolute Gasteiger partial charge is 0.393 e. The highest BCUT2D eigenvalue weighted by atomic mass is 79.9. The van der Waals surface area contributed by atoms with Crippen LogP contribution in [0.4, 0.5) is 10.5 Å². The van der Waals surface area contributed by atoms with E-state index in [4.69, 9.17) is 0 Å². The molecule has 4 nitrogen and oxygen atoms in total. The third kappa shape index (κ3) is 3.73. The Labute approximate surface area is 128 Å². The number of hydrogen-bond acceptors (Lipinski definition) is 2. The van der Waals surface area contributed by atoms with Crippen molar-refractivity contribution in [3.8, 4) is 0 Å². The molecule has 0 aromatic heterocycles. The molecule has 110 valence electrons. The van der Waals surface area contributed by atoms with Crippen LogP contribution in [0.1, 0.15) is 25.3 Å². The number of amides is 2. The van der Waals surface area contributed by atoms with Crippen molar-refractivity contribution in [3.63, 3.8) is 0 Å². The number of likely N-dealkylation sites (tertiary alicyclic amines) is 1. The number of hydrogen-bond donors (Lipinski definition) is 2. The van der Waals surface area contributed by atoms with E-state index in [1.165, 1.54) is 0 Å². The molecule has 1 atom stereocenters. The minimum atomic E-state index is -0.285. The first kappa shape index (κ1) is 15.3. The molecular weight excluding hydrogens is 320 g/mol. The third-order valence-electron chi connectivity index (χ3n) is 3.95. The summed E-state index contributed by atoms with van der Waals surface area (Å²) in [5.74, 6) is 0.312. The summed E-state index contributed by atoms with van der Waals surface area (Å²) in [5.41, 5.74) is 1.88. The minimum absolute atomic E-state index is 0.0600. The fourth-order valence-electron chi connectivity index (χ4n) is 2.51. The highest BCUT2D eigenvalue weighted by molar-refractivity contribution is 9.10. The van der Waals surface area contributed by atoms with Crippen LogP contribution in [-0.2, 0) is 0 Å². The van der Waals surface area contributed by atoms with Gasteiger partial charge in [0.05, 0.1) is 6.10 Å². The van der Waals surface area contributed by atoms with E-state index in [1.54, 1.807) is 0 Å². The average Bonchev–Trinajstić information content (AvgIpc) is 2.43. The second-order valence-corrected chi connectivity index (χ2v) is 6.37. The second kappa shape index (κ2) is 6.59. The van der Waals surface area contributed by atoms with Crippen LogP contribution in [0.3, 0.4) is 0 Å². The fourth-order valence-corrected chi connectivity index (χ4v) is 2.87. The lowest BCUT2D eigenvalue weighted by molar-refractivity contribution is 0.0820. The van der Waals surface area contributed by atoms with Gasteiger partial charge in [0.1, 0.15) is 0 Å². The molecule has 1 aromatic rings. The van der Waals surface area contributed by atoms with Crippen LogP contribution in [-0.4, -0.2) is 35.2 Å². The van der Waals surface area contributed by atoms with E-state index in [0.717, 1.165) is 28.6 Å². The standard InChI is InChI=1S/C15H21BrN2O2/c1-10-3-4-13(16)9-14(10)17-15(20)18-7-5-12(6-8-18)11(2)19/h3-4,9,11-12,19H,5-8H2,1-2H3,(H,17,20). The Morgan fingerprint density at radius 2 is 2.10 bits per heavy atom. The molecule has 0 bridgehead atoms. The summed E-state index contributed by atoms with van der Waals surface area (Å²) in [6, 6.07) is 5.78. The lowest BCUT2D eigenvalue weighted by Gasteiger charge is -2.33. The van der Waals surface area contributed by atoms with Crippen LogP contribution < -0.4 is 5.32 Å². The number of rotatable bonds is 2. The number of anilines is 1. The van der Waals surface area contributed by atoms with Gasteiger partial charge in [-0.3, -0.25) is 0 Å². The van der Waals surface area contributed by atoms with Crippen molar-refractivity contribution < 1.29 is 9.90 Å². The van der Waals surface area contributed by atoms with Gasteiger partial charge in [-0.25, -0.2) is 4.79 Å². The van der Waals surface area contributed by atoms with Crippen molar-refractivity contribution in [1.82, 2.24) is 4.90 Å². The monoisotopic (exact) mass is 340 g/mol. The first-order chi connectivity index (χ1) is 9.47. The Morgan fingerprint density at radius 1 is 1.45 bits per heavy atom. The minimum Gasteiger partial charge on any atom is -0.393 e. The summed E-state index contributed by atoms with van der Waals surface area (Å²) in [6.45, 7) is 5.20. The Kier molecular flexibility index (Phi) is 5.05. The maximum absolute atomic E-state index is 12.2. The number of halogens is 1. The molecule has 2 amide bonds. The van der Waals surface area contributed by atoms with Crippen molar-refractivity contribution in [2.75, 3.05) is 18.4 Å². The highest BCUT2D eigenvalue weighted by Crippen LogP contribution is 2.23. The van der Waals surface area contributed by atoms with E-state index in [0.29, 0.717) is 19.0 Å². The molecule has 1 heterocycles. The van der Waals surface area contributed by atoms with Crippen molar-refractivity contribution in [2.45, 2.75) is 32.8 Å². The highest BCUT2D eigenvalue weighted by Gasteiger charge is 2.25. The van der Waals surface area contributed by atoms with Crippen LogP contribution >= 0.6 is 15.9 Å². The average molecular weight is 341 g/mol. The van der Waals surface area contributed by atoms with Gasteiger partial charge >= 0.3 is 6.03 Å². The molecule has 2 rings (SSSR count). The second-order valence-electron chi connectivity index (χ2n) is 5.45. The van der Waals surface area contributed by atoms with Crippen molar-refractivity contribution in [2.24, 2.45) is 5.92 Å². The number of benzene rings is 1. The Morgan fingerprint density at radius 3 is 2.70 bits per heavy atom. The van der Waals surface area contributed by atoms with E-state index in [1.807, 2.05) is 36.9 Å². The van der Waals surface area contributed by atoms with Gasteiger partial charge in [-0.2, -0.15) is 0 Å². The van der Waals surface area contributed by atoms with E-state index in [-0.39, 0.29) is 12.1 Å². The maximum Gasteiger partial charge on any atom is 0.321 e. The normalized spacial score (nSPS) is 17.9. The van der Waals surface area contributed by atoms with E-state index in [2.05, 4.69) is 21.2 Å². The van der Waals surface area contributed by atoms with E-state index >= 15 is 0 Å². The number of aryl methyl sites for hydroxylation is 1. The summed E-state index contributed by atoms with van der Waals surface area (Å²) < 4.78 is 0.950. The lowest BCUT2D eigenvalue weighted by Crippen LogP contribution is -2.42. The quantitative estimate of drug-likeness (QED) is 0.866. The number of aliphatic hydroxyl groups is 1. The zero-order valence-electron chi connectivity index (χ0n) is 11.9. The Hall–Kier alpha value is -1.07. The molecule has 1 fully saturated rings. The van der Waals surface area contributed by atoms with Crippen molar-refractivity contribution in [1.29, 1.82) is 0 Å². The van der Waals surface area contributed by atoms with Gasteiger partial charge in [0, 0.05) is 23.2 Å². The zero-order chi connectivity index (χ0) is 14.7. The van der Waals surface area contributed by atoms with Gasteiger partial charge < -0.3 is 15.3 Å². The maximum atomic E-state index is 12.2. The summed E-state index contributed by atoms with van der Waals surface area (Å²) in [4.78, 5) is 14.1. The van der Waals surface area contributed by atoms with Gasteiger partial charge in [0.25, 0.3) is 0 Å². The number of urea groups is 1. The molecule has 2 N–H and O–H groups in total. The lowest BCUT2D eigenvalue weighted by atomic mass is 9.92. The van der Waals surface area contributed by atoms with Crippen LogP contribution in [0, 0.1) is 12.8 Å². The third-order valence-corrected chi connectivity index (χ3v) is 4.44. The van der Waals surface area contributed by atoms with E-state index < -0.39 is 0 Å². The molecule has 20 heavy (non-hydrogen) atoms. The van der Waals surface area contributed by atoms with Crippen molar-refractivity contribution >= 4 is 27.6 Å². The van der Waals surface area contributed by atoms with Gasteiger partial charge in [-0.05, 0) is 50.3 Å². The first-order valence-corrected chi connectivity index (χ1v) is 7.77. The summed E-state index contributed by atoms with van der Waals surface area (Å²) in [5, 5.41) is 12.5. The fraction of sp³-hybridized carbons (Fsp3) is 0.533. The number of nitrogens with zero attached hydrogens (tertiary/aromatic N) is 1. The predicted molar refractivity (Wildman–Crippen MR) is 83.9 cm³/mol. The number of nitrogens with one attached hydrogen (secondary N) is 1. The summed E-state index contributed by atoms with van der Waals surface area (Å²) in [6.07, 6.45) is 1.44. The first-order valence-electron chi connectivity index (χ1n) is 6.97. The van der Waals surface area contributed by atoms with Crippen molar-refractivity contribution in [3.05, 3.63) is 28.2 Å². The van der Waals surface area contributed by atoms with Gasteiger partial charge in [-0.1, -0.05) is 22.0 Å². The molecule has 1 aliphatic heterocycles. The van der Waals surface area contributed by atoms with Crippen LogP contribution in [0.5, 0.6) is 0 Å². The molecule has 1 aliphatic rings. The SMILES string of the molecule is Cc1ccc(Br)cc1NC(=O)N1CCC(C(C)O)CC1. The molecule has 0 radical (unpaired) electrons. The molecule has 1 saturated heterocycles. The van der Waals surface area contributed by atoms with Crippen LogP contribution in [0.15, 0.2) is 22.7 Å². The van der Waals surface area contributed by atoms with Gasteiger partial charge in [0.2, 0.25) is 0 Å².